The number of ether oxygens (including phenoxy) is 1. The van der Waals surface area contributed by atoms with Crippen molar-refractivity contribution in [2.24, 2.45) is 17.8 Å². The molecule has 0 aromatic heterocycles. The number of piperidine rings is 4. The van der Waals surface area contributed by atoms with Gasteiger partial charge in [0.05, 0.1) is 30.2 Å². The molecular weight excluding hydrogens is 380 g/mol. The number of fused-ring (bicyclic) bond motifs is 2. The number of hydrogen-bond acceptors (Lipinski definition) is 5. The first-order chi connectivity index (χ1) is 14.4. The minimum absolute atomic E-state index is 0.0954. The smallest absolute Gasteiger partial charge is 0.361 e. The predicted octanol–water partition coefficient (Wildman–Crippen LogP) is 1.63. The minimum atomic E-state index is -0.565. The van der Waals surface area contributed by atoms with Crippen molar-refractivity contribution in [3.8, 4) is 0 Å². The molecule has 10 atom stereocenters. The number of hydrogen-bond donors (Lipinski definition) is 2. The van der Waals surface area contributed by atoms with Crippen LogP contribution in [-0.2, 0) is 14.9 Å². The average molecular weight is 414 g/mol. The first-order valence-electron chi connectivity index (χ1n) is 11.6. The summed E-state index contributed by atoms with van der Waals surface area (Å²) in [4.78, 5) is 15.2. The molecule has 162 valence electrons. The van der Waals surface area contributed by atoms with E-state index in [1.54, 1.807) is 0 Å². The highest BCUT2D eigenvalue weighted by molar-refractivity contribution is 5.71. The van der Waals surface area contributed by atoms with E-state index in [9.17, 15) is 15.0 Å². The number of anilines is 1. The Hall–Kier alpha value is -1.63. The molecule has 1 saturated carbocycles. The number of nitrogens with zero attached hydrogens (tertiary/aromatic N) is 2. The maximum atomic E-state index is 12.8. The maximum absolute atomic E-state index is 12.8. The zero-order valence-corrected chi connectivity index (χ0v) is 18.1. The molecule has 6 aliphatic rings. The summed E-state index contributed by atoms with van der Waals surface area (Å²) in [7, 11) is 2.14. The SMILES string of the molecule is CCOC(=O)C[N@+]12[C@H](O)[C@@H](CC)[C@@H]3C[C@H]1[C@@H]1N(C)c4ccccc4[C@@]14C[C@H]2[C@@H]3[C@@H]4O. The summed E-state index contributed by atoms with van der Waals surface area (Å²) in [6.45, 7) is 4.55. The van der Waals surface area contributed by atoms with Crippen LogP contribution in [0, 0.1) is 17.8 Å². The Morgan fingerprint density at radius 1 is 1.27 bits per heavy atom. The second-order valence-electron chi connectivity index (χ2n) is 10.3. The van der Waals surface area contributed by atoms with E-state index in [4.69, 9.17) is 4.74 Å². The standard InChI is InChI=1S/C24H33N2O4/c1-4-13-14-10-17-21-24(15-8-6-7-9-16(15)25(21)3)11-18(20(14)22(24)28)26(17,23(13)29)12-19(27)30-5-2/h6-9,13-14,17-18,20-23,28-29H,4-5,10-12H2,1-3H3/q+1/t13-,14-,17-,18-,20+,21-,22-,23+,24-,26-/m0/s1. The fourth-order valence-corrected chi connectivity index (χ4v) is 9.13. The number of likely N-dealkylation sites (N-methyl/N-ethyl adjacent to an activating group) is 1. The summed E-state index contributed by atoms with van der Waals surface area (Å²) in [5, 5.41) is 23.7. The van der Waals surface area contributed by atoms with Crippen LogP contribution in [-0.4, -0.2) is 71.3 Å². The van der Waals surface area contributed by atoms with Crippen LogP contribution in [0.1, 0.15) is 38.7 Å². The van der Waals surface area contributed by atoms with E-state index in [-0.39, 0.29) is 47.9 Å². The molecule has 30 heavy (non-hydrogen) atoms. The van der Waals surface area contributed by atoms with Gasteiger partial charge in [0, 0.05) is 37.4 Å². The average Bonchev–Trinajstić information content (AvgIpc) is 3.11. The Morgan fingerprint density at radius 3 is 2.77 bits per heavy atom. The van der Waals surface area contributed by atoms with Crippen molar-refractivity contribution >= 4 is 11.7 Å². The third-order valence-electron chi connectivity index (χ3n) is 9.83. The van der Waals surface area contributed by atoms with Gasteiger partial charge in [0.1, 0.15) is 6.04 Å². The van der Waals surface area contributed by atoms with Crippen LogP contribution in [0.25, 0.3) is 0 Å². The van der Waals surface area contributed by atoms with Crippen molar-refractivity contribution in [3.05, 3.63) is 29.8 Å². The third-order valence-corrected chi connectivity index (χ3v) is 9.83. The highest BCUT2D eigenvalue weighted by Gasteiger charge is 2.83. The van der Waals surface area contributed by atoms with Crippen LogP contribution in [0.5, 0.6) is 0 Å². The van der Waals surface area contributed by atoms with Gasteiger partial charge in [0.2, 0.25) is 0 Å². The molecule has 5 heterocycles. The molecule has 6 heteroatoms. The van der Waals surface area contributed by atoms with E-state index in [1.165, 1.54) is 11.3 Å². The minimum Gasteiger partial charge on any atom is -0.462 e. The molecule has 5 fully saturated rings. The van der Waals surface area contributed by atoms with E-state index in [0.29, 0.717) is 17.0 Å². The molecule has 1 aliphatic carbocycles. The molecule has 0 radical (unpaired) electrons. The summed E-state index contributed by atoms with van der Waals surface area (Å²) in [5.41, 5.74) is 2.17. The number of carbonyl (C=O) groups excluding carboxylic acids is 1. The van der Waals surface area contributed by atoms with Gasteiger partial charge in [-0.1, -0.05) is 25.1 Å². The molecule has 6 nitrogen and oxygen atoms in total. The van der Waals surface area contributed by atoms with E-state index >= 15 is 0 Å². The number of benzene rings is 1. The summed E-state index contributed by atoms with van der Waals surface area (Å²) in [6.07, 6.45) is 1.69. The van der Waals surface area contributed by atoms with Gasteiger partial charge in [0.25, 0.3) is 0 Å². The first kappa shape index (κ1) is 19.1. The maximum Gasteiger partial charge on any atom is 0.361 e. The van der Waals surface area contributed by atoms with Crippen molar-refractivity contribution in [1.29, 1.82) is 0 Å². The second kappa shape index (κ2) is 5.99. The molecule has 1 spiro atoms. The Bertz CT molecular complexity index is 907. The van der Waals surface area contributed by atoms with Gasteiger partial charge in [0.15, 0.2) is 12.8 Å². The van der Waals surface area contributed by atoms with Crippen LogP contribution in [0.15, 0.2) is 24.3 Å². The molecule has 2 N–H and O–H groups in total. The molecule has 0 unspecified atom stereocenters. The molecule has 1 aromatic carbocycles. The molecule has 0 amide bonds. The van der Waals surface area contributed by atoms with Gasteiger partial charge >= 0.3 is 5.97 Å². The quantitative estimate of drug-likeness (QED) is 0.580. The fraction of sp³-hybridized carbons (Fsp3) is 0.708. The zero-order chi connectivity index (χ0) is 21.0. The summed E-state index contributed by atoms with van der Waals surface area (Å²) < 4.78 is 5.81. The second-order valence-corrected chi connectivity index (χ2v) is 10.3. The highest BCUT2D eigenvalue weighted by Crippen LogP contribution is 2.71. The number of aliphatic hydroxyl groups is 2. The lowest BCUT2D eigenvalue weighted by molar-refractivity contribution is -1.03. The van der Waals surface area contributed by atoms with Crippen LogP contribution >= 0.6 is 0 Å². The summed E-state index contributed by atoms with van der Waals surface area (Å²) in [5.74, 6) is 0.361. The lowest BCUT2D eigenvalue weighted by atomic mass is 9.60. The predicted molar refractivity (Wildman–Crippen MR) is 112 cm³/mol. The van der Waals surface area contributed by atoms with Gasteiger partial charge in [-0.15, -0.1) is 0 Å². The van der Waals surface area contributed by atoms with Crippen molar-refractivity contribution in [1.82, 2.24) is 0 Å². The van der Waals surface area contributed by atoms with E-state index < -0.39 is 12.3 Å². The fourth-order valence-electron chi connectivity index (χ4n) is 9.13. The monoisotopic (exact) mass is 413 g/mol. The number of rotatable bonds is 4. The van der Waals surface area contributed by atoms with Crippen LogP contribution in [0.2, 0.25) is 0 Å². The van der Waals surface area contributed by atoms with Gasteiger partial charge in [-0.25, -0.2) is 4.79 Å². The number of aliphatic hydroxyl groups excluding tert-OH is 2. The molecule has 5 bridgehead atoms. The topological polar surface area (TPSA) is 70.0 Å². The van der Waals surface area contributed by atoms with Crippen molar-refractivity contribution in [3.63, 3.8) is 0 Å². The van der Waals surface area contributed by atoms with Crippen LogP contribution < -0.4 is 4.90 Å². The van der Waals surface area contributed by atoms with Crippen molar-refractivity contribution < 1.29 is 24.2 Å². The lowest BCUT2D eigenvalue weighted by Gasteiger charge is -2.67. The zero-order valence-electron chi connectivity index (χ0n) is 18.1. The summed E-state index contributed by atoms with van der Waals surface area (Å²) in [6, 6.07) is 8.84. The largest absolute Gasteiger partial charge is 0.462 e. The molecule has 4 saturated heterocycles. The Kier molecular flexibility index (Phi) is 3.81. The van der Waals surface area contributed by atoms with Crippen molar-refractivity contribution in [2.45, 2.75) is 69.0 Å². The van der Waals surface area contributed by atoms with E-state index in [0.717, 1.165) is 19.3 Å². The number of esters is 1. The molecular formula is C24H33N2O4+. The number of quaternary nitrogens is 1. The van der Waals surface area contributed by atoms with E-state index in [2.05, 4.69) is 43.1 Å². The highest BCUT2D eigenvalue weighted by atomic mass is 16.5. The van der Waals surface area contributed by atoms with Gasteiger partial charge < -0.3 is 19.8 Å². The van der Waals surface area contributed by atoms with Gasteiger partial charge in [-0.2, -0.15) is 0 Å². The summed E-state index contributed by atoms with van der Waals surface area (Å²) >= 11 is 0. The van der Waals surface area contributed by atoms with Crippen LogP contribution in [0.3, 0.4) is 0 Å². The Balaban J connectivity index is 1.57. The van der Waals surface area contributed by atoms with Gasteiger partial charge in [-0.05, 0) is 30.9 Å². The lowest BCUT2D eigenvalue weighted by Crippen LogP contribution is -2.83. The normalized spacial score (nSPS) is 49.3. The first-order valence-corrected chi connectivity index (χ1v) is 11.6. The molecule has 1 aromatic rings. The number of para-hydroxylation sites is 1. The van der Waals surface area contributed by atoms with E-state index in [1.807, 2.05) is 6.92 Å². The van der Waals surface area contributed by atoms with Crippen LogP contribution in [0.4, 0.5) is 5.69 Å². The number of carbonyl (C=O) groups is 1. The Morgan fingerprint density at radius 2 is 2.03 bits per heavy atom. The molecule has 5 aliphatic heterocycles. The Labute approximate surface area is 178 Å². The third kappa shape index (κ3) is 1.83. The van der Waals surface area contributed by atoms with Gasteiger partial charge in [-0.3, -0.25) is 4.48 Å². The van der Waals surface area contributed by atoms with Crippen molar-refractivity contribution in [2.75, 3.05) is 25.1 Å². The molecule has 7 rings (SSSR count).